The lowest BCUT2D eigenvalue weighted by molar-refractivity contribution is -0.127. The van der Waals surface area contributed by atoms with Gasteiger partial charge in [0, 0.05) is 43.6 Å². The summed E-state index contributed by atoms with van der Waals surface area (Å²) in [7, 11) is -1.91. The molecular weight excluding hydrogens is 592 g/mol. The normalized spacial score (nSPS) is 17.3. The van der Waals surface area contributed by atoms with E-state index in [-0.39, 0.29) is 23.4 Å². The van der Waals surface area contributed by atoms with Crippen LogP contribution in [0.25, 0.3) is 11.0 Å². The summed E-state index contributed by atoms with van der Waals surface area (Å²) in [4.78, 5) is 30.3. The number of hydrogen-bond acceptors (Lipinski definition) is 7. The maximum atomic E-state index is 14.4. The van der Waals surface area contributed by atoms with Crippen molar-refractivity contribution >= 4 is 38.6 Å². The third kappa shape index (κ3) is 6.50. The third-order valence-corrected chi connectivity index (χ3v) is 10.8. The van der Waals surface area contributed by atoms with Crippen LogP contribution in [0.1, 0.15) is 68.7 Å². The summed E-state index contributed by atoms with van der Waals surface area (Å²) in [6, 6.07) is 12.6. The molecule has 13 heteroatoms. The minimum absolute atomic E-state index is 0.0130. The molecule has 1 N–H and O–H groups in total. The summed E-state index contributed by atoms with van der Waals surface area (Å²) < 4.78 is 31.5. The van der Waals surface area contributed by atoms with Crippen molar-refractivity contribution in [2.75, 3.05) is 18.0 Å². The fourth-order valence-electron chi connectivity index (χ4n) is 6.52. The van der Waals surface area contributed by atoms with Crippen LogP contribution in [-0.2, 0) is 33.2 Å². The number of rotatable bonds is 9. The number of hydrogen-bond donors (Lipinski definition) is 1. The second-order valence-electron chi connectivity index (χ2n) is 12.0. The Bertz CT molecular complexity index is 1770. The summed E-state index contributed by atoms with van der Waals surface area (Å²) in [5, 5.41) is 16.1. The van der Waals surface area contributed by atoms with Crippen molar-refractivity contribution < 1.29 is 18.0 Å². The standard InChI is InChI=1S/C32H40N8O4S/c1-23-27(21-37(2)35-23)31(32(42)33-24-11-5-3-6-12-24)40(30(41)22-39-29-14-8-7-13-28(29)34-36-39)25-15-17-26(18-16-25)45(43,44)38-19-9-4-10-20-38/h7-8,13-18,21,24,31H,3-6,9-12,19-20,22H2,1-2H3,(H,33,42)/t31-/m1/s1. The molecular formula is C32H40N8O4S. The number of carbonyl (C=O) groups is 2. The van der Waals surface area contributed by atoms with E-state index < -0.39 is 22.0 Å². The molecule has 238 valence electrons. The Balaban J connectivity index is 1.41. The molecule has 2 aromatic carbocycles. The molecule has 2 aromatic heterocycles. The zero-order chi connectivity index (χ0) is 31.6. The number of sulfonamides is 1. The van der Waals surface area contributed by atoms with E-state index in [0.717, 1.165) is 51.4 Å². The van der Waals surface area contributed by atoms with Crippen LogP contribution in [0.4, 0.5) is 5.69 Å². The summed E-state index contributed by atoms with van der Waals surface area (Å²) in [5.74, 6) is -0.704. The molecule has 2 aliphatic rings. The van der Waals surface area contributed by atoms with Crippen molar-refractivity contribution in [3.8, 4) is 0 Å². The maximum absolute atomic E-state index is 14.4. The molecule has 1 saturated carbocycles. The second kappa shape index (κ2) is 13.1. The number of aromatic nitrogens is 5. The van der Waals surface area contributed by atoms with Crippen molar-refractivity contribution in [2.24, 2.45) is 7.05 Å². The topological polar surface area (TPSA) is 135 Å². The molecule has 0 unspecified atom stereocenters. The quantitative estimate of drug-likeness (QED) is 0.296. The fraction of sp³-hybridized carbons (Fsp3) is 0.469. The number of anilines is 1. The largest absolute Gasteiger partial charge is 0.351 e. The van der Waals surface area contributed by atoms with Crippen molar-refractivity contribution in [2.45, 2.75) is 81.8 Å². The predicted octanol–water partition coefficient (Wildman–Crippen LogP) is 3.87. The lowest BCUT2D eigenvalue weighted by Crippen LogP contribution is -2.48. The molecule has 12 nitrogen and oxygen atoms in total. The Morgan fingerprint density at radius 3 is 2.36 bits per heavy atom. The van der Waals surface area contributed by atoms with Crippen LogP contribution < -0.4 is 10.2 Å². The number of para-hydroxylation sites is 1. The number of piperidine rings is 1. The summed E-state index contributed by atoms with van der Waals surface area (Å²) in [5.41, 5.74) is 2.95. The van der Waals surface area contributed by atoms with E-state index in [4.69, 9.17) is 0 Å². The van der Waals surface area contributed by atoms with Gasteiger partial charge in [-0.1, -0.05) is 43.0 Å². The number of benzene rings is 2. The molecule has 1 aliphatic heterocycles. The highest BCUT2D eigenvalue weighted by Crippen LogP contribution is 2.32. The molecule has 1 atom stereocenters. The minimum atomic E-state index is -3.69. The molecule has 4 aromatic rings. The average Bonchev–Trinajstić information content (AvgIpc) is 3.61. The molecule has 2 amide bonds. The van der Waals surface area contributed by atoms with Gasteiger partial charge in [0.25, 0.3) is 0 Å². The first-order valence-electron chi connectivity index (χ1n) is 15.7. The number of aryl methyl sites for hydroxylation is 2. The highest BCUT2D eigenvalue weighted by molar-refractivity contribution is 7.89. The third-order valence-electron chi connectivity index (χ3n) is 8.85. The molecule has 1 saturated heterocycles. The molecule has 3 heterocycles. The summed E-state index contributed by atoms with van der Waals surface area (Å²) in [6.45, 7) is 2.62. The van der Waals surface area contributed by atoms with Gasteiger partial charge in [-0.2, -0.15) is 9.40 Å². The zero-order valence-corrected chi connectivity index (χ0v) is 26.6. The number of nitrogens with zero attached hydrogens (tertiary/aromatic N) is 7. The van der Waals surface area contributed by atoms with Gasteiger partial charge in [-0.15, -0.1) is 5.10 Å². The number of fused-ring (bicyclic) bond motifs is 1. The van der Waals surface area contributed by atoms with Gasteiger partial charge in [-0.3, -0.25) is 19.2 Å². The minimum Gasteiger partial charge on any atom is -0.351 e. The van der Waals surface area contributed by atoms with Crippen LogP contribution in [-0.4, -0.2) is 68.4 Å². The average molecular weight is 633 g/mol. The SMILES string of the molecule is Cc1nn(C)cc1[C@H](C(=O)NC1CCCCC1)N(C(=O)Cn1nnc2ccccc21)c1ccc(S(=O)(=O)N2CCCCC2)cc1. The van der Waals surface area contributed by atoms with Crippen molar-refractivity contribution in [3.05, 3.63) is 66.0 Å². The van der Waals surface area contributed by atoms with Gasteiger partial charge in [0.2, 0.25) is 21.8 Å². The van der Waals surface area contributed by atoms with E-state index in [1.807, 2.05) is 31.2 Å². The number of carbonyl (C=O) groups excluding carboxylic acids is 2. The number of nitrogens with one attached hydrogen (secondary N) is 1. The van der Waals surface area contributed by atoms with Gasteiger partial charge in [0.15, 0.2) is 0 Å². The van der Waals surface area contributed by atoms with Crippen molar-refractivity contribution in [3.63, 3.8) is 0 Å². The van der Waals surface area contributed by atoms with E-state index >= 15 is 0 Å². The van der Waals surface area contributed by atoms with Crippen LogP contribution in [0.3, 0.4) is 0 Å². The monoisotopic (exact) mass is 632 g/mol. The Morgan fingerprint density at radius 2 is 1.67 bits per heavy atom. The first-order valence-corrected chi connectivity index (χ1v) is 17.2. The summed E-state index contributed by atoms with van der Waals surface area (Å²) in [6.07, 6.45) is 9.42. The Morgan fingerprint density at radius 1 is 0.978 bits per heavy atom. The first-order chi connectivity index (χ1) is 21.7. The Hall–Kier alpha value is -4.10. The highest BCUT2D eigenvalue weighted by atomic mass is 32.2. The van der Waals surface area contributed by atoms with E-state index in [0.29, 0.717) is 41.1 Å². The molecule has 0 spiro atoms. The van der Waals surface area contributed by atoms with Gasteiger partial charge in [-0.25, -0.2) is 13.1 Å². The fourth-order valence-corrected chi connectivity index (χ4v) is 8.04. The smallest absolute Gasteiger partial charge is 0.249 e. The van der Waals surface area contributed by atoms with Crippen LogP contribution in [0.15, 0.2) is 59.6 Å². The molecule has 2 fully saturated rings. The molecule has 1 aliphatic carbocycles. The Labute approximate surface area is 263 Å². The van der Waals surface area contributed by atoms with Crippen LogP contribution in [0, 0.1) is 6.92 Å². The molecule has 0 bridgehead atoms. The van der Waals surface area contributed by atoms with Gasteiger partial charge in [0.05, 0.1) is 16.1 Å². The molecule has 45 heavy (non-hydrogen) atoms. The van der Waals surface area contributed by atoms with Crippen molar-refractivity contribution in [1.29, 1.82) is 0 Å². The van der Waals surface area contributed by atoms with Crippen LogP contribution in [0.5, 0.6) is 0 Å². The molecule has 6 rings (SSSR count). The van der Waals surface area contributed by atoms with E-state index in [1.54, 1.807) is 30.1 Å². The van der Waals surface area contributed by atoms with Gasteiger partial charge >= 0.3 is 0 Å². The van der Waals surface area contributed by atoms with Crippen molar-refractivity contribution in [1.82, 2.24) is 34.4 Å². The first kappa shape index (κ1) is 30.9. The lowest BCUT2D eigenvalue weighted by atomic mass is 9.94. The highest BCUT2D eigenvalue weighted by Gasteiger charge is 2.37. The Kier molecular flexibility index (Phi) is 8.99. The summed E-state index contributed by atoms with van der Waals surface area (Å²) >= 11 is 0. The van der Waals surface area contributed by atoms with E-state index in [2.05, 4.69) is 20.7 Å². The van der Waals surface area contributed by atoms with Gasteiger partial charge in [-0.05, 0) is 69.0 Å². The van der Waals surface area contributed by atoms with E-state index in [9.17, 15) is 18.0 Å². The maximum Gasteiger partial charge on any atom is 0.249 e. The van der Waals surface area contributed by atoms with Gasteiger partial charge in [0.1, 0.15) is 18.1 Å². The predicted molar refractivity (Wildman–Crippen MR) is 170 cm³/mol. The van der Waals surface area contributed by atoms with Crippen LogP contribution in [0.2, 0.25) is 0 Å². The second-order valence-corrected chi connectivity index (χ2v) is 14.0. The molecule has 0 radical (unpaired) electrons. The zero-order valence-electron chi connectivity index (χ0n) is 25.8. The number of amides is 2. The van der Waals surface area contributed by atoms with E-state index in [1.165, 1.54) is 26.0 Å². The van der Waals surface area contributed by atoms with Gasteiger partial charge < -0.3 is 5.32 Å². The van der Waals surface area contributed by atoms with Crippen LogP contribution >= 0.6 is 0 Å². The lowest BCUT2D eigenvalue weighted by Gasteiger charge is -2.33.